The minimum Gasteiger partial charge on any atom is -0.510 e. The number of imidazole rings is 1. The molecule has 0 unspecified atom stereocenters. The molecule has 5 nitrogen and oxygen atoms in total. The van der Waals surface area contributed by atoms with E-state index in [1.165, 1.54) is 17.6 Å². The van der Waals surface area contributed by atoms with Crippen molar-refractivity contribution in [3.8, 4) is 62.1 Å². The number of nitrogens with zero attached hydrogens (tertiary/aromatic N) is 4. The van der Waals surface area contributed by atoms with Crippen molar-refractivity contribution in [2.45, 2.75) is 13.3 Å². The molecule has 0 amide bonds. The predicted molar refractivity (Wildman–Crippen MR) is 228 cm³/mol. The summed E-state index contributed by atoms with van der Waals surface area (Å²) < 4.78 is 114. The first kappa shape index (κ1) is 25.4. The molecule has 3 heterocycles. The van der Waals surface area contributed by atoms with Crippen molar-refractivity contribution in [2.75, 3.05) is 0 Å². The molecule has 0 fully saturated rings. The van der Waals surface area contributed by atoms with Crippen molar-refractivity contribution in [3.63, 3.8) is 0 Å². The molecule has 6 heteroatoms. The minimum atomic E-state index is -1.62. The number of rotatable bonds is 9. The van der Waals surface area contributed by atoms with E-state index in [1.807, 2.05) is 59.2 Å². The van der Waals surface area contributed by atoms with Crippen LogP contribution in [-0.2, 0) is 27.4 Å². The quantitative estimate of drug-likeness (QED) is 0.107. The fraction of sp³-hybridized carbons (Fsp3) is 0.0385. The van der Waals surface area contributed by atoms with Crippen molar-refractivity contribution in [1.29, 1.82) is 0 Å². The Labute approximate surface area is 369 Å². The van der Waals surface area contributed by atoms with E-state index in [1.54, 1.807) is 65.6 Å². The molecule has 10 aromatic rings. The molecule has 282 valence electrons. The summed E-state index contributed by atoms with van der Waals surface area (Å²) in [5.74, 6) is 1.17. The number of aromatic nitrogens is 4. The number of para-hydroxylation sites is 1. The Morgan fingerprint density at radius 2 is 1.41 bits per heavy atom. The summed E-state index contributed by atoms with van der Waals surface area (Å²) in [6, 6.07) is 34.6. The molecule has 0 N–H and O–H groups in total. The van der Waals surface area contributed by atoms with Gasteiger partial charge >= 0.3 is 0 Å². The Morgan fingerprint density at radius 3 is 2.16 bits per heavy atom. The molecular formula is C52H36N4OPt-2. The van der Waals surface area contributed by atoms with Crippen LogP contribution in [-0.4, -0.2) is 14.1 Å². The first-order chi connectivity index (χ1) is 33.0. The molecule has 0 aliphatic heterocycles. The van der Waals surface area contributed by atoms with E-state index < -0.39 is 66.8 Å². The third kappa shape index (κ3) is 6.95. The van der Waals surface area contributed by atoms with Gasteiger partial charge in [-0.1, -0.05) is 134 Å². The van der Waals surface area contributed by atoms with Crippen molar-refractivity contribution in [2.24, 2.45) is 0 Å². The smallest absolute Gasteiger partial charge is 0.267 e. The fourth-order valence-electron chi connectivity index (χ4n) is 7.03. The number of pyridine rings is 1. The second-order valence-corrected chi connectivity index (χ2v) is 13.0. The van der Waals surface area contributed by atoms with E-state index in [-0.39, 0.29) is 49.0 Å². The van der Waals surface area contributed by atoms with Gasteiger partial charge in [-0.05, 0) is 74.6 Å². The maximum absolute atomic E-state index is 8.85. The summed E-state index contributed by atoms with van der Waals surface area (Å²) >= 11 is 0. The van der Waals surface area contributed by atoms with Crippen LogP contribution in [0.15, 0.2) is 188 Å². The molecule has 0 atom stereocenters. The Balaban J connectivity index is 0.00000608. The Kier molecular flexibility index (Phi) is 7.01. The standard InChI is InChI=1S/C52H36N4O.Pt/c1-2-37-28-29-53-51(32-37)56-49-27-24-41(38-14-6-3-7-15-38)33-48(49)47-26-25-44(35-50(47)56)57-43-21-12-20-42(34-43)54-30-31-55(36-54)52-45(39-16-8-4-9-17-39)22-13-23-46(52)40-18-10-5-11-19-40;/h3-33H,2H2,1H3;/q-2;/i2D2,4D,5D,8D,9D,10D,11D,16D,17D,18D,19D;. The number of hydrogen-bond acceptors (Lipinski definition) is 2. The number of hydrogen-bond donors (Lipinski definition) is 0. The van der Waals surface area contributed by atoms with Crippen molar-refractivity contribution < 1.29 is 46.8 Å². The molecule has 58 heavy (non-hydrogen) atoms. The summed E-state index contributed by atoms with van der Waals surface area (Å²) in [6.45, 7) is 1.50. The maximum atomic E-state index is 8.85. The summed E-state index contributed by atoms with van der Waals surface area (Å²) in [7, 11) is 0. The van der Waals surface area contributed by atoms with Gasteiger partial charge in [-0.3, -0.25) is 4.57 Å². The third-order valence-electron chi connectivity index (χ3n) is 9.65. The Bertz CT molecular complexity index is 3580. The Morgan fingerprint density at radius 1 is 0.690 bits per heavy atom. The zero-order chi connectivity index (χ0) is 48.6. The second kappa shape index (κ2) is 16.0. The van der Waals surface area contributed by atoms with E-state index in [0.717, 1.165) is 27.4 Å². The molecule has 10 rings (SSSR count). The van der Waals surface area contributed by atoms with Crippen molar-refractivity contribution in [1.82, 2.24) is 14.1 Å². The molecule has 0 spiro atoms. The van der Waals surface area contributed by atoms with E-state index in [9.17, 15) is 0 Å². The van der Waals surface area contributed by atoms with Crippen LogP contribution in [0, 0.1) is 18.5 Å². The van der Waals surface area contributed by atoms with Gasteiger partial charge < -0.3 is 13.9 Å². The summed E-state index contributed by atoms with van der Waals surface area (Å²) in [4.78, 5) is 4.68. The van der Waals surface area contributed by atoms with Gasteiger partial charge in [-0.25, -0.2) is 4.98 Å². The van der Waals surface area contributed by atoms with E-state index in [0.29, 0.717) is 34.1 Å². The molecule has 0 aliphatic carbocycles. The number of benzene rings is 7. The van der Waals surface area contributed by atoms with Crippen LogP contribution in [0.25, 0.3) is 72.4 Å². The first-order valence-corrected chi connectivity index (χ1v) is 18.1. The van der Waals surface area contributed by atoms with Crippen molar-refractivity contribution in [3.05, 3.63) is 212 Å². The molecule has 0 bridgehead atoms. The van der Waals surface area contributed by atoms with Gasteiger partial charge in [0.15, 0.2) is 0 Å². The first-order valence-electron chi connectivity index (χ1n) is 24.1. The van der Waals surface area contributed by atoms with Crippen LogP contribution >= 0.6 is 0 Å². The third-order valence-corrected chi connectivity index (χ3v) is 9.65. The molecule has 0 aliphatic rings. The van der Waals surface area contributed by atoms with Gasteiger partial charge in [-0.2, -0.15) is 18.2 Å². The minimum absolute atomic E-state index is 0. The van der Waals surface area contributed by atoms with Gasteiger partial charge in [0, 0.05) is 59.4 Å². The van der Waals surface area contributed by atoms with Crippen molar-refractivity contribution >= 4 is 21.8 Å². The van der Waals surface area contributed by atoms with E-state index in [2.05, 4.69) is 29.5 Å². The summed E-state index contributed by atoms with van der Waals surface area (Å²) in [6.07, 6.45) is 6.41. The van der Waals surface area contributed by atoms with Gasteiger partial charge in [0.1, 0.15) is 5.82 Å². The molecule has 3 aromatic heterocycles. The SMILES string of the molecule is [2H]c1c([2H])c([2H])c(-c2cccc(-c3c([2H])c([2H])c([2H])c([2H])c3[2H])c2-[n+]2[c-]n(-c3[c-]c(Oc4[c-]c5c(cc4)c4cc(-c6ccccc6)ccc4n5-c4cc(C([2H])([2H])C)ccn4)ccc3)cc2)c([2H])c1[2H].[Pt]. The molecule has 0 radical (unpaired) electrons. The van der Waals surface area contributed by atoms with Crippen LogP contribution in [0.1, 0.15) is 28.9 Å². The molecule has 0 saturated carbocycles. The van der Waals surface area contributed by atoms with Gasteiger partial charge in [0.05, 0.1) is 19.4 Å². The average molecular weight is 940 g/mol. The average Bonchev–Trinajstić information content (AvgIpc) is 3.97. The normalized spacial score (nSPS) is 14.3. The maximum Gasteiger partial charge on any atom is 0.267 e. The topological polar surface area (TPSA) is 35.9 Å². The van der Waals surface area contributed by atoms with E-state index >= 15 is 0 Å². The van der Waals surface area contributed by atoms with Crippen LogP contribution < -0.4 is 9.30 Å². The van der Waals surface area contributed by atoms with Crippen LogP contribution in [0.3, 0.4) is 0 Å². The number of fused-ring (bicyclic) bond motifs is 3. The van der Waals surface area contributed by atoms with Crippen LogP contribution in [0.5, 0.6) is 11.5 Å². The van der Waals surface area contributed by atoms with Gasteiger partial charge in [-0.15, -0.1) is 29.7 Å². The van der Waals surface area contributed by atoms with E-state index in [4.69, 9.17) is 21.2 Å². The zero-order valence-corrected chi connectivity index (χ0v) is 32.9. The molecule has 7 aromatic carbocycles. The fourth-order valence-corrected chi connectivity index (χ4v) is 7.03. The second-order valence-electron chi connectivity index (χ2n) is 13.0. The molecule has 0 saturated heterocycles. The van der Waals surface area contributed by atoms with Crippen LogP contribution in [0.4, 0.5) is 0 Å². The number of aryl methyl sites for hydroxylation is 1. The summed E-state index contributed by atoms with van der Waals surface area (Å²) in [5, 5.41) is 1.81. The van der Waals surface area contributed by atoms with Gasteiger partial charge in [0.25, 0.3) is 6.33 Å². The number of ether oxygens (including phenoxy) is 1. The van der Waals surface area contributed by atoms with Gasteiger partial charge in [0.2, 0.25) is 0 Å². The Hall–Kier alpha value is -6.81. The van der Waals surface area contributed by atoms with Crippen LogP contribution in [0.2, 0.25) is 0 Å². The largest absolute Gasteiger partial charge is 0.510 e. The summed E-state index contributed by atoms with van der Waals surface area (Å²) in [5.41, 5.74) is 4.58. The zero-order valence-electron chi connectivity index (χ0n) is 42.6. The molecular weight excluding hydrogens is 892 g/mol. The monoisotopic (exact) mass is 939 g/mol. The predicted octanol–water partition coefficient (Wildman–Crippen LogP) is 12.0.